The molecule has 0 saturated heterocycles. The largest absolute Gasteiger partial charge is 0.497 e. The van der Waals surface area contributed by atoms with Crippen molar-refractivity contribution in [2.75, 3.05) is 26.1 Å². The molecule has 0 saturated carbocycles. The summed E-state index contributed by atoms with van der Waals surface area (Å²) in [6.07, 6.45) is -0.107. The second-order valence-electron chi connectivity index (χ2n) is 7.50. The number of hydrogen-bond acceptors (Lipinski definition) is 8. The maximum atomic E-state index is 6.08. The third-order valence-electron chi connectivity index (χ3n) is 5.35. The summed E-state index contributed by atoms with van der Waals surface area (Å²) in [6.45, 7) is 0.922. The molecule has 0 fully saturated rings. The van der Waals surface area contributed by atoms with Crippen molar-refractivity contribution in [3.05, 3.63) is 59.8 Å². The molecule has 1 atom stereocenters. The first-order chi connectivity index (χ1) is 15.1. The Morgan fingerprint density at radius 3 is 2.55 bits per heavy atom. The zero-order valence-corrected chi connectivity index (χ0v) is 17.5. The Labute approximate surface area is 179 Å². The van der Waals surface area contributed by atoms with E-state index in [4.69, 9.17) is 14.0 Å². The van der Waals surface area contributed by atoms with Gasteiger partial charge in [0.15, 0.2) is 5.69 Å². The summed E-state index contributed by atoms with van der Waals surface area (Å²) in [6, 6.07) is 15.8. The van der Waals surface area contributed by atoms with Crippen molar-refractivity contribution in [2.24, 2.45) is 0 Å². The van der Waals surface area contributed by atoms with Crippen LogP contribution in [0, 0.1) is 0 Å². The van der Waals surface area contributed by atoms with Gasteiger partial charge in [-0.05, 0) is 42.0 Å². The van der Waals surface area contributed by atoms with Crippen molar-refractivity contribution in [1.29, 1.82) is 0 Å². The van der Waals surface area contributed by atoms with Crippen molar-refractivity contribution in [1.82, 2.24) is 25.1 Å². The summed E-state index contributed by atoms with van der Waals surface area (Å²) >= 11 is 0. The van der Waals surface area contributed by atoms with Gasteiger partial charge in [-0.1, -0.05) is 22.5 Å². The lowest BCUT2D eigenvalue weighted by atomic mass is 10.1. The average molecular weight is 418 g/mol. The fourth-order valence-corrected chi connectivity index (χ4v) is 3.54. The van der Waals surface area contributed by atoms with Gasteiger partial charge < -0.3 is 18.9 Å². The smallest absolute Gasteiger partial charge is 0.258 e. The molecule has 0 spiro atoms. The lowest BCUT2D eigenvalue weighted by Crippen LogP contribution is -2.22. The second kappa shape index (κ2) is 7.84. The van der Waals surface area contributed by atoms with Crippen molar-refractivity contribution >= 4 is 5.69 Å². The molecule has 9 nitrogen and oxygen atoms in total. The van der Waals surface area contributed by atoms with Crippen LogP contribution in [-0.4, -0.2) is 46.3 Å². The van der Waals surface area contributed by atoms with E-state index in [0.717, 1.165) is 28.3 Å². The molecule has 1 aliphatic heterocycles. The van der Waals surface area contributed by atoms with Crippen LogP contribution in [-0.2, 0) is 17.9 Å². The van der Waals surface area contributed by atoms with Gasteiger partial charge in [0.2, 0.25) is 5.82 Å². The molecule has 2 aromatic heterocycles. The van der Waals surface area contributed by atoms with Gasteiger partial charge in [0.25, 0.3) is 5.89 Å². The average Bonchev–Trinajstić information content (AvgIpc) is 3.46. The molecule has 4 aromatic rings. The van der Waals surface area contributed by atoms with Crippen LogP contribution in [0.15, 0.2) is 53.1 Å². The number of benzene rings is 2. The maximum absolute atomic E-state index is 6.08. The molecule has 0 unspecified atom stereocenters. The van der Waals surface area contributed by atoms with Gasteiger partial charge in [0, 0.05) is 25.3 Å². The van der Waals surface area contributed by atoms with Crippen LogP contribution in [0.4, 0.5) is 5.69 Å². The topological polar surface area (TPSA) is 91.3 Å². The fraction of sp³-hybridized carbons (Fsp3) is 0.273. The second-order valence-corrected chi connectivity index (χ2v) is 7.50. The summed E-state index contributed by atoms with van der Waals surface area (Å²) < 4.78 is 18.6. The monoisotopic (exact) mass is 418 g/mol. The van der Waals surface area contributed by atoms with Gasteiger partial charge in [-0.2, -0.15) is 4.98 Å². The molecular formula is C22H22N6O3. The van der Waals surface area contributed by atoms with E-state index < -0.39 is 0 Å². The molecule has 158 valence electrons. The number of ether oxygens (including phenoxy) is 2. The van der Waals surface area contributed by atoms with E-state index in [1.807, 2.05) is 72.2 Å². The van der Waals surface area contributed by atoms with Crippen molar-refractivity contribution in [3.8, 4) is 28.7 Å². The normalized spacial score (nSPS) is 15.5. The van der Waals surface area contributed by atoms with Gasteiger partial charge in [0.05, 0.1) is 26.0 Å². The minimum absolute atomic E-state index is 0.107. The van der Waals surface area contributed by atoms with E-state index in [1.165, 1.54) is 0 Å². The molecule has 0 bridgehead atoms. The summed E-state index contributed by atoms with van der Waals surface area (Å²) in [5, 5.41) is 12.7. The van der Waals surface area contributed by atoms with Crippen LogP contribution < -0.4 is 9.64 Å². The van der Waals surface area contributed by atoms with E-state index in [9.17, 15) is 0 Å². The Morgan fingerprint density at radius 2 is 1.84 bits per heavy atom. The van der Waals surface area contributed by atoms with Gasteiger partial charge in [-0.3, -0.25) is 0 Å². The number of methoxy groups -OCH3 is 1. The number of nitrogens with zero attached hydrogens (tertiary/aromatic N) is 6. The molecular weight excluding hydrogens is 396 g/mol. The van der Waals surface area contributed by atoms with E-state index >= 15 is 0 Å². The van der Waals surface area contributed by atoms with Crippen molar-refractivity contribution in [2.45, 2.75) is 19.3 Å². The fourth-order valence-electron chi connectivity index (χ4n) is 3.54. The molecule has 0 N–H and O–H groups in total. The zero-order chi connectivity index (χ0) is 21.4. The first-order valence-corrected chi connectivity index (χ1v) is 9.92. The van der Waals surface area contributed by atoms with Crippen molar-refractivity contribution in [3.63, 3.8) is 0 Å². The van der Waals surface area contributed by atoms with Crippen LogP contribution in [0.2, 0.25) is 0 Å². The Balaban J connectivity index is 1.36. The van der Waals surface area contributed by atoms with Gasteiger partial charge in [-0.15, -0.1) is 5.10 Å². The summed E-state index contributed by atoms with van der Waals surface area (Å²) in [7, 11) is 5.64. The minimum atomic E-state index is -0.107. The van der Waals surface area contributed by atoms with Gasteiger partial charge in [-0.25, -0.2) is 4.68 Å². The third-order valence-corrected chi connectivity index (χ3v) is 5.35. The highest BCUT2D eigenvalue weighted by molar-refractivity contribution is 5.61. The number of rotatable bonds is 5. The summed E-state index contributed by atoms with van der Waals surface area (Å²) in [5.74, 6) is 1.65. The third kappa shape index (κ3) is 3.64. The lowest BCUT2D eigenvalue weighted by molar-refractivity contribution is -0.00114. The van der Waals surface area contributed by atoms with Crippen LogP contribution in [0.1, 0.15) is 17.4 Å². The molecule has 5 rings (SSSR count). The number of aromatic nitrogens is 5. The summed E-state index contributed by atoms with van der Waals surface area (Å²) in [5.41, 5.74) is 4.42. The van der Waals surface area contributed by atoms with Crippen LogP contribution in [0.5, 0.6) is 5.75 Å². The quantitative estimate of drug-likeness (QED) is 0.487. The number of anilines is 1. The zero-order valence-electron chi connectivity index (χ0n) is 17.5. The first-order valence-electron chi connectivity index (χ1n) is 9.92. The Bertz CT molecular complexity index is 1180. The molecule has 31 heavy (non-hydrogen) atoms. The van der Waals surface area contributed by atoms with E-state index in [0.29, 0.717) is 30.6 Å². The first kappa shape index (κ1) is 19.3. The number of fused-ring (bicyclic) bond motifs is 1. The van der Waals surface area contributed by atoms with E-state index in [1.54, 1.807) is 7.11 Å². The highest BCUT2D eigenvalue weighted by Crippen LogP contribution is 2.31. The van der Waals surface area contributed by atoms with E-state index in [-0.39, 0.29) is 6.10 Å². The van der Waals surface area contributed by atoms with Gasteiger partial charge >= 0.3 is 0 Å². The predicted molar refractivity (Wildman–Crippen MR) is 114 cm³/mol. The minimum Gasteiger partial charge on any atom is -0.497 e. The van der Waals surface area contributed by atoms with Gasteiger partial charge in [0.1, 0.15) is 11.9 Å². The SMILES string of the molecule is COc1ccc([C@@H]2Cn3nnc(-c4noc(-c5ccc(N(C)C)cc5)n4)c3CO2)cc1. The molecule has 1 aliphatic rings. The predicted octanol–water partition coefficient (Wildman–Crippen LogP) is 3.34. The maximum Gasteiger partial charge on any atom is 0.258 e. The van der Waals surface area contributed by atoms with Crippen LogP contribution >= 0.6 is 0 Å². The van der Waals surface area contributed by atoms with Crippen LogP contribution in [0.3, 0.4) is 0 Å². The molecule has 0 amide bonds. The molecule has 0 aliphatic carbocycles. The standard InChI is InChI=1S/C22H22N6O3/c1-27(2)16-8-4-15(5-9-16)22-23-21(25-31-22)20-18-13-30-19(12-28(18)26-24-20)14-6-10-17(29-3)11-7-14/h4-11,19H,12-13H2,1-3H3/t19-/m0/s1. The Morgan fingerprint density at radius 1 is 1.06 bits per heavy atom. The highest BCUT2D eigenvalue weighted by atomic mass is 16.5. The molecule has 9 heteroatoms. The van der Waals surface area contributed by atoms with Crippen molar-refractivity contribution < 1.29 is 14.0 Å². The van der Waals surface area contributed by atoms with Crippen LogP contribution in [0.25, 0.3) is 23.0 Å². The molecule has 3 heterocycles. The highest BCUT2D eigenvalue weighted by Gasteiger charge is 2.27. The van der Waals surface area contributed by atoms with E-state index in [2.05, 4.69) is 20.5 Å². The Hall–Kier alpha value is -3.72. The molecule has 2 aromatic carbocycles. The molecule has 0 radical (unpaired) electrons. The lowest BCUT2D eigenvalue weighted by Gasteiger charge is -2.24. The Kier molecular flexibility index (Phi) is 4.87. The number of hydrogen-bond donors (Lipinski definition) is 0. The summed E-state index contributed by atoms with van der Waals surface area (Å²) in [4.78, 5) is 6.56.